The van der Waals surface area contributed by atoms with E-state index in [4.69, 9.17) is 0 Å². The number of pyridine rings is 1. The topological polar surface area (TPSA) is 12.9 Å². The van der Waals surface area contributed by atoms with Gasteiger partial charge in [0.15, 0.2) is 0 Å². The molecule has 1 aromatic rings. The van der Waals surface area contributed by atoms with Gasteiger partial charge in [-0.15, -0.1) is 0 Å². The summed E-state index contributed by atoms with van der Waals surface area (Å²) in [7, 11) is 0. The van der Waals surface area contributed by atoms with E-state index in [1.54, 1.807) is 6.92 Å². The Kier molecular flexibility index (Phi) is 3.39. The number of halogens is 4. The molecule has 0 radical (unpaired) electrons. The minimum atomic E-state index is -2.47. The lowest BCUT2D eigenvalue weighted by atomic mass is 10.2. The van der Waals surface area contributed by atoms with Gasteiger partial charge in [0.2, 0.25) is 0 Å². The van der Waals surface area contributed by atoms with E-state index in [9.17, 15) is 8.78 Å². The lowest BCUT2D eigenvalue weighted by molar-refractivity contribution is 0.150. The third-order valence-electron chi connectivity index (χ3n) is 1.44. The summed E-state index contributed by atoms with van der Waals surface area (Å²) in [5.74, 6) is 0. The molecule has 12 heavy (non-hydrogen) atoms. The van der Waals surface area contributed by atoms with Crippen LogP contribution in [0.5, 0.6) is 0 Å². The number of alkyl halides is 2. The molecule has 0 amide bonds. The molecular formula is C7H5BrF2IN. The van der Waals surface area contributed by atoms with Crippen LogP contribution in [0.3, 0.4) is 0 Å². The lowest BCUT2D eigenvalue weighted by Gasteiger charge is -2.06. The molecule has 0 unspecified atom stereocenters. The van der Waals surface area contributed by atoms with Gasteiger partial charge in [-0.3, -0.25) is 0 Å². The number of hydrogen-bond acceptors (Lipinski definition) is 1. The van der Waals surface area contributed by atoms with Crippen LogP contribution in [0, 0.1) is 10.6 Å². The number of aromatic nitrogens is 1. The second kappa shape index (κ2) is 3.95. The molecule has 0 atom stereocenters. The Bertz CT molecular complexity index is 304. The number of nitrogens with zero attached hydrogens (tertiary/aromatic N) is 1. The summed E-state index contributed by atoms with van der Waals surface area (Å²) in [4.78, 5) is 3.84. The molecule has 0 saturated carbocycles. The zero-order chi connectivity index (χ0) is 9.30. The Labute approximate surface area is 90.8 Å². The first kappa shape index (κ1) is 10.3. The average Bonchev–Trinajstić information content (AvgIpc) is 2.00. The summed E-state index contributed by atoms with van der Waals surface area (Å²) in [6.45, 7) is 1.75. The quantitative estimate of drug-likeness (QED) is 0.557. The third kappa shape index (κ3) is 1.93. The fourth-order valence-electron chi connectivity index (χ4n) is 0.739. The first-order valence-electron chi connectivity index (χ1n) is 3.12. The predicted molar refractivity (Wildman–Crippen MR) is 54.3 cm³/mol. The molecule has 0 aliphatic rings. The standard InChI is InChI=1S/C7H5BrF2IN/c1-3-5(8)4(6(9)10)2-12-7(3)11/h2,6H,1H3. The third-order valence-corrected chi connectivity index (χ3v) is 3.58. The summed E-state index contributed by atoms with van der Waals surface area (Å²) in [6, 6.07) is 0. The highest BCUT2D eigenvalue weighted by atomic mass is 127. The summed E-state index contributed by atoms with van der Waals surface area (Å²) >= 11 is 5.11. The predicted octanol–water partition coefficient (Wildman–Crippen LogP) is 3.69. The van der Waals surface area contributed by atoms with Gasteiger partial charge >= 0.3 is 0 Å². The minimum Gasteiger partial charge on any atom is -0.249 e. The summed E-state index contributed by atoms with van der Waals surface area (Å²) in [6.07, 6.45) is -1.27. The first-order chi connectivity index (χ1) is 5.54. The van der Waals surface area contributed by atoms with Gasteiger partial charge in [-0.25, -0.2) is 13.8 Å². The van der Waals surface area contributed by atoms with Crippen LogP contribution in [-0.2, 0) is 0 Å². The van der Waals surface area contributed by atoms with Crippen molar-refractivity contribution < 1.29 is 8.78 Å². The van der Waals surface area contributed by atoms with E-state index in [-0.39, 0.29) is 5.56 Å². The van der Waals surface area contributed by atoms with Crippen molar-refractivity contribution in [2.75, 3.05) is 0 Å². The van der Waals surface area contributed by atoms with E-state index in [0.29, 0.717) is 4.47 Å². The summed E-state index contributed by atoms with van der Waals surface area (Å²) < 4.78 is 25.7. The van der Waals surface area contributed by atoms with E-state index in [0.717, 1.165) is 9.26 Å². The number of hydrogen-bond donors (Lipinski definition) is 0. The largest absolute Gasteiger partial charge is 0.266 e. The van der Waals surface area contributed by atoms with Gasteiger partial charge in [0.25, 0.3) is 6.43 Å². The van der Waals surface area contributed by atoms with Crippen LogP contribution in [0.15, 0.2) is 10.7 Å². The highest BCUT2D eigenvalue weighted by molar-refractivity contribution is 14.1. The molecule has 0 aliphatic heterocycles. The first-order valence-corrected chi connectivity index (χ1v) is 5.00. The zero-order valence-electron chi connectivity index (χ0n) is 6.11. The van der Waals surface area contributed by atoms with Crippen LogP contribution < -0.4 is 0 Å². The SMILES string of the molecule is Cc1c(I)ncc(C(F)F)c1Br. The zero-order valence-corrected chi connectivity index (χ0v) is 9.86. The van der Waals surface area contributed by atoms with Crippen molar-refractivity contribution in [1.29, 1.82) is 0 Å². The van der Waals surface area contributed by atoms with Gasteiger partial charge in [-0.05, 0) is 51.0 Å². The smallest absolute Gasteiger partial charge is 0.249 e. The molecule has 5 heteroatoms. The van der Waals surface area contributed by atoms with Gasteiger partial charge in [0.1, 0.15) is 3.70 Å². The maximum absolute atomic E-state index is 12.3. The Morgan fingerprint density at radius 1 is 1.58 bits per heavy atom. The second-order valence-electron chi connectivity index (χ2n) is 2.24. The van der Waals surface area contributed by atoms with Gasteiger partial charge < -0.3 is 0 Å². The normalized spacial score (nSPS) is 10.8. The molecule has 0 spiro atoms. The Morgan fingerprint density at radius 2 is 2.17 bits per heavy atom. The van der Waals surface area contributed by atoms with E-state index in [1.807, 2.05) is 22.6 Å². The van der Waals surface area contributed by atoms with E-state index >= 15 is 0 Å². The molecule has 1 rings (SSSR count). The molecule has 0 fully saturated rings. The molecule has 0 bridgehead atoms. The molecule has 0 aliphatic carbocycles. The summed E-state index contributed by atoms with van der Waals surface area (Å²) in [5, 5.41) is 0. The van der Waals surface area contributed by atoms with Crippen molar-refractivity contribution >= 4 is 38.5 Å². The summed E-state index contributed by atoms with van der Waals surface area (Å²) in [5.41, 5.74) is 0.710. The van der Waals surface area contributed by atoms with Crippen molar-refractivity contribution in [3.8, 4) is 0 Å². The van der Waals surface area contributed by atoms with E-state index in [1.165, 1.54) is 6.20 Å². The van der Waals surface area contributed by atoms with Crippen molar-refractivity contribution in [2.24, 2.45) is 0 Å². The monoisotopic (exact) mass is 347 g/mol. The van der Waals surface area contributed by atoms with Crippen molar-refractivity contribution in [2.45, 2.75) is 13.3 Å². The van der Waals surface area contributed by atoms with Crippen LogP contribution >= 0.6 is 38.5 Å². The Morgan fingerprint density at radius 3 is 2.67 bits per heavy atom. The van der Waals surface area contributed by atoms with Crippen LogP contribution in [-0.4, -0.2) is 4.98 Å². The van der Waals surface area contributed by atoms with Gasteiger partial charge in [-0.1, -0.05) is 0 Å². The fraction of sp³-hybridized carbons (Fsp3) is 0.286. The van der Waals surface area contributed by atoms with Crippen molar-refractivity contribution in [3.05, 3.63) is 25.5 Å². The van der Waals surface area contributed by atoms with E-state index in [2.05, 4.69) is 20.9 Å². The van der Waals surface area contributed by atoms with Crippen LogP contribution in [0.1, 0.15) is 17.6 Å². The maximum Gasteiger partial charge on any atom is 0.266 e. The fourth-order valence-corrected chi connectivity index (χ4v) is 1.98. The molecule has 0 saturated heterocycles. The van der Waals surface area contributed by atoms with Gasteiger partial charge in [0.05, 0.1) is 5.56 Å². The van der Waals surface area contributed by atoms with Gasteiger partial charge in [0, 0.05) is 10.7 Å². The Hall–Kier alpha value is 0.220. The Balaban J connectivity index is 3.27. The average molecular weight is 348 g/mol. The van der Waals surface area contributed by atoms with Crippen LogP contribution in [0.25, 0.3) is 0 Å². The molecule has 0 aromatic carbocycles. The minimum absolute atomic E-state index is 0.0482. The molecule has 0 N–H and O–H groups in total. The highest BCUT2D eigenvalue weighted by Crippen LogP contribution is 2.30. The molecule has 1 nitrogen and oxygen atoms in total. The maximum atomic E-state index is 12.3. The lowest BCUT2D eigenvalue weighted by Crippen LogP contribution is -1.94. The number of rotatable bonds is 1. The molecular weight excluding hydrogens is 343 g/mol. The second-order valence-corrected chi connectivity index (χ2v) is 4.06. The molecule has 66 valence electrons. The van der Waals surface area contributed by atoms with Crippen molar-refractivity contribution in [1.82, 2.24) is 4.98 Å². The van der Waals surface area contributed by atoms with Gasteiger partial charge in [-0.2, -0.15) is 0 Å². The molecule has 1 heterocycles. The highest BCUT2D eigenvalue weighted by Gasteiger charge is 2.14. The van der Waals surface area contributed by atoms with Crippen molar-refractivity contribution in [3.63, 3.8) is 0 Å². The van der Waals surface area contributed by atoms with E-state index < -0.39 is 6.43 Å². The molecule has 1 aromatic heterocycles. The van der Waals surface area contributed by atoms with Crippen LogP contribution in [0.4, 0.5) is 8.78 Å². The van der Waals surface area contributed by atoms with Crippen LogP contribution in [0.2, 0.25) is 0 Å².